The molecule has 0 amide bonds. The Labute approximate surface area is 149 Å². The summed E-state index contributed by atoms with van der Waals surface area (Å²) in [5, 5.41) is 0. The first-order chi connectivity index (χ1) is 12.7. The zero-order valence-corrected chi connectivity index (χ0v) is 14.0. The van der Waals surface area contributed by atoms with E-state index in [2.05, 4.69) is 4.74 Å². The van der Waals surface area contributed by atoms with Crippen molar-refractivity contribution in [3.8, 4) is 11.5 Å². The van der Waals surface area contributed by atoms with E-state index in [4.69, 9.17) is 13.9 Å². The Morgan fingerprint density at radius 1 is 0.846 bits per heavy atom. The Hall–Kier alpha value is -3.54. The van der Waals surface area contributed by atoms with Crippen molar-refractivity contribution in [1.82, 2.24) is 0 Å². The van der Waals surface area contributed by atoms with Crippen LogP contribution in [0.1, 0.15) is 26.7 Å². The SMILES string of the molecule is COC(=O)c1ccc(OC(=O)c2ccc(COc3ccccc3)o2)cc1. The number of hydrogen-bond acceptors (Lipinski definition) is 6. The number of carbonyl (C=O) groups is 2. The quantitative estimate of drug-likeness (QED) is 0.495. The lowest BCUT2D eigenvalue weighted by atomic mass is 10.2. The predicted octanol–water partition coefficient (Wildman–Crippen LogP) is 3.86. The van der Waals surface area contributed by atoms with Crippen molar-refractivity contribution in [3.63, 3.8) is 0 Å². The molecule has 3 aromatic rings. The minimum absolute atomic E-state index is 0.0636. The third kappa shape index (κ3) is 4.30. The largest absolute Gasteiger partial charge is 0.486 e. The van der Waals surface area contributed by atoms with Crippen LogP contribution in [0.25, 0.3) is 0 Å². The van der Waals surface area contributed by atoms with Gasteiger partial charge in [0.05, 0.1) is 12.7 Å². The smallest absolute Gasteiger partial charge is 0.379 e. The molecule has 1 aromatic heterocycles. The summed E-state index contributed by atoms with van der Waals surface area (Å²) in [5.74, 6) is 0.467. The molecule has 0 N–H and O–H groups in total. The van der Waals surface area contributed by atoms with Gasteiger partial charge in [0.1, 0.15) is 23.9 Å². The first-order valence-electron chi connectivity index (χ1n) is 7.83. The van der Waals surface area contributed by atoms with Crippen molar-refractivity contribution in [1.29, 1.82) is 0 Å². The van der Waals surface area contributed by atoms with Crippen LogP contribution >= 0.6 is 0 Å². The minimum atomic E-state index is -0.637. The van der Waals surface area contributed by atoms with Gasteiger partial charge >= 0.3 is 11.9 Å². The Morgan fingerprint density at radius 2 is 1.58 bits per heavy atom. The number of rotatable bonds is 6. The standard InChI is InChI=1S/C20H16O6/c1-23-19(21)14-7-9-16(10-8-14)26-20(22)18-12-11-17(25-18)13-24-15-5-3-2-4-6-15/h2-12H,13H2,1H3. The maximum atomic E-state index is 12.1. The van der Waals surface area contributed by atoms with E-state index in [1.54, 1.807) is 6.07 Å². The zero-order valence-electron chi connectivity index (χ0n) is 14.0. The molecular formula is C20H16O6. The fourth-order valence-electron chi connectivity index (χ4n) is 2.17. The van der Waals surface area contributed by atoms with Crippen LogP contribution in [0.4, 0.5) is 0 Å². The normalized spacial score (nSPS) is 10.2. The second-order valence-electron chi connectivity index (χ2n) is 5.27. The van der Waals surface area contributed by atoms with E-state index in [0.717, 1.165) is 0 Å². The summed E-state index contributed by atoms with van der Waals surface area (Å²) in [6.45, 7) is 0.200. The number of hydrogen-bond donors (Lipinski definition) is 0. The van der Waals surface area contributed by atoms with Gasteiger partial charge < -0.3 is 18.6 Å². The summed E-state index contributed by atoms with van der Waals surface area (Å²) >= 11 is 0. The number of carbonyl (C=O) groups excluding carboxylic acids is 2. The van der Waals surface area contributed by atoms with Crippen LogP contribution < -0.4 is 9.47 Å². The van der Waals surface area contributed by atoms with Gasteiger partial charge in [-0.3, -0.25) is 0 Å². The van der Waals surface area contributed by atoms with Gasteiger partial charge in [-0.25, -0.2) is 9.59 Å². The fourth-order valence-corrected chi connectivity index (χ4v) is 2.17. The van der Waals surface area contributed by atoms with E-state index in [-0.39, 0.29) is 12.4 Å². The number of ether oxygens (including phenoxy) is 3. The molecule has 6 nitrogen and oxygen atoms in total. The van der Waals surface area contributed by atoms with E-state index in [0.29, 0.717) is 22.8 Å². The van der Waals surface area contributed by atoms with Crippen molar-refractivity contribution < 1.29 is 28.2 Å². The molecule has 0 radical (unpaired) electrons. The molecule has 0 atom stereocenters. The van der Waals surface area contributed by atoms with E-state index in [9.17, 15) is 9.59 Å². The lowest BCUT2D eigenvalue weighted by Crippen LogP contribution is -2.08. The number of benzene rings is 2. The molecule has 0 aliphatic rings. The maximum Gasteiger partial charge on any atom is 0.379 e. The van der Waals surface area contributed by atoms with Crippen LogP contribution in [0.15, 0.2) is 71.1 Å². The highest BCUT2D eigenvalue weighted by molar-refractivity contribution is 5.90. The average molecular weight is 352 g/mol. The first kappa shape index (κ1) is 17.3. The zero-order chi connectivity index (χ0) is 18.4. The Balaban J connectivity index is 1.58. The lowest BCUT2D eigenvalue weighted by molar-refractivity contribution is 0.0600. The predicted molar refractivity (Wildman–Crippen MR) is 92.2 cm³/mol. The number of esters is 2. The van der Waals surface area contributed by atoms with Crippen molar-refractivity contribution in [2.75, 3.05) is 7.11 Å². The second-order valence-corrected chi connectivity index (χ2v) is 5.27. The third-order valence-corrected chi connectivity index (χ3v) is 3.47. The van der Waals surface area contributed by atoms with Crippen molar-refractivity contribution in [3.05, 3.63) is 83.8 Å². The molecule has 0 saturated heterocycles. The molecule has 132 valence electrons. The third-order valence-electron chi connectivity index (χ3n) is 3.47. The summed E-state index contributed by atoms with van der Waals surface area (Å²) in [5.41, 5.74) is 0.366. The molecule has 6 heteroatoms. The van der Waals surface area contributed by atoms with Crippen LogP contribution in [0.5, 0.6) is 11.5 Å². The van der Waals surface area contributed by atoms with Crippen LogP contribution in [0.3, 0.4) is 0 Å². The van der Waals surface area contributed by atoms with Crippen molar-refractivity contribution >= 4 is 11.9 Å². The molecule has 0 aliphatic heterocycles. The average Bonchev–Trinajstić information content (AvgIpc) is 3.16. The molecule has 0 unspecified atom stereocenters. The van der Waals surface area contributed by atoms with Gasteiger partial charge in [0.25, 0.3) is 0 Å². The van der Waals surface area contributed by atoms with E-state index < -0.39 is 11.9 Å². The lowest BCUT2D eigenvalue weighted by Gasteiger charge is -2.04. The van der Waals surface area contributed by atoms with E-state index in [1.807, 2.05) is 30.3 Å². The maximum absolute atomic E-state index is 12.1. The number of furan rings is 1. The van der Waals surface area contributed by atoms with E-state index in [1.165, 1.54) is 37.4 Å². The van der Waals surface area contributed by atoms with Crippen LogP contribution in [0.2, 0.25) is 0 Å². The minimum Gasteiger partial charge on any atom is -0.486 e. The molecular weight excluding hydrogens is 336 g/mol. The molecule has 1 heterocycles. The topological polar surface area (TPSA) is 75.0 Å². The van der Waals surface area contributed by atoms with Gasteiger partial charge in [0, 0.05) is 0 Å². The van der Waals surface area contributed by atoms with Gasteiger partial charge in [-0.15, -0.1) is 0 Å². The van der Waals surface area contributed by atoms with Crippen LogP contribution in [0, 0.1) is 0 Å². The van der Waals surface area contributed by atoms with Gasteiger partial charge in [-0.2, -0.15) is 0 Å². The van der Waals surface area contributed by atoms with Crippen LogP contribution in [-0.2, 0) is 11.3 Å². The number of methoxy groups -OCH3 is 1. The molecule has 0 saturated carbocycles. The highest BCUT2D eigenvalue weighted by Crippen LogP contribution is 2.17. The fraction of sp³-hybridized carbons (Fsp3) is 0.100. The number of para-hydroxylation sites is 1. The molecule has 0 spiro atoms. The first-order valence-corrected chi connectivity index (χ1v) is 7.83. The van der Waals surface area contributed by atoms with Gasteiger partial charge in [-0.05, 0) is 48.5 Å². The Kier molecular flexibility index (Phi) is 5.34. The van der Waals surface area contributed by atoms with Gasteiger partial charge in [-0.1, -0.05) is 18.2 Å². The van der Waals surface area contributed by atoms with Gasteiger partial charge in [0.2, 0.25) is 5.76 Å². The van der Waals surface area contributed by atoms with Crippen LogP contribution in [-0.4, -0.2) is 19.0 Å². The summed E-state index contributed by atoms with van der Waals surface area (Å²) in [4.78, 5) is 23.5. The summed E-state index contributed by atoms with van der Waals surface area (Å²) in [6.07, 6.45) is 0. The summed E-state index contributed by atoms with van der Waals surface area (Å²) in [7, 11) is 1.30. The summed E-state index contributed by atoms with van der Waals surface area (Å²) in [6, 6.07) is 18.5. The van der Waals surface area contributed by atoms with Crippen molar-refractivity contribution in [2.45, 2.75) is 6.61 Å². The second kappa shape index (κ2) is 8.02. The summed E-state index contributed by atoms with van der Waals surface area (Å²) < 4.78 is 20.8. The molecule has 26 heavy (non-hydrogen) atoms. The highest BCUT2D eigenvalue weighted by atomic mass is 16.6. The Bertz CT molecular complexity index is 880. The molecule has 0 fully saturated rings. The van der Waals surface area contributed by atoms with Gasteiger partial charge in [0.15, 0.2) is 0 Å². The highest BCUT2D eigenvalue weighted by Gasteiger charge is 2.15. The van der Waals surface area contributed by atoms with E-state index >= 15 is 0 Å². The Morgan fingerprint density at radius 3 is 2.27 bits per heavy atom. The monoisotopic (exact) mass is 352 g/mol. The molecule has 0 bridgehead atoms. The molecule has 2 aromatic carbocycles. The molecule has 0 aliphatic carbocycles. The molecule has 3 rings (SSSR count). The van der Waals surface area contributed by atoms with Crippen molar-refractivity contribution in [2.24, 2.45) is 0 Å².